The van der Waals surface area contributed by atoms with Crippen LogP contribution < -0.4 is 21.5 Å². The van der Waals surface area contributed by atoms with Gasteiger partial charge in [-0.3, -0.25) is 4.79 Å². The van der Waals surface area contributed by atoms with Crippen molar-refractivity contribution in [3.8, 4) is 5.75 Å². The number of nitrogens with two attached hydrogens (primary N) is 2. The van der Waals surface area contributed by atoms with Crippen LogP contribution in [-0.2, 0) is 11.4 Å². The second kappa shape index (κ2) is 8.72. The van der Waals surface area contributed by atoms with Gasteiger partial charge in [0.15, 0.2) is 0 Å². The molecule has 20 heavy (non-hydrogen) atoms. The molecule has 0 radical (unpaired) electrons. The zero-order valence-corrected chi connectivity index (χ0v) is 11.9. The lowest BCUT2D eigenvalue weighted by molar-refractivity contribution is -0.122. The Balaban J connectivity index is 0.00000361. The summed E-state index contributed by atoms with van der Waals surface area (Å²) in [6, 6.07) is 4.93. The van der Waals surface area contributed by atoms with Crippen LogP contribution in [-0.4, -0.2) is 35.9 Å². The summed E-state index contributed by atoms with van der Waals surface area (Å²) >= 11 is 0. The molecule has 0 heterocycles. The lowest BCUT2D eigenvalue weighted by Gasteiger charge is -2.17. The average Bonchev–Trinajstić information content (AvgIpc) is 2.43. The Labute approximate surface area is 123 Å². The van der Waals surface area contributed by atoms with Gasteiger partial charge in [0.25, 0.3) is 5.91 Å². The number of nitrogens with one attached hydrogen (secondary N) is 1. The third kappa shape index (κ3) is 4.95. The fourth-order valence-corrected chi connectivity index (χ4v) is 1.57. The van der Waals surface area contributed by atoms with Crippen LogP contribution in [0.15, 0.2) is 18.2 Å². The highest BCUT2D eigenvalue weighted by atomic mass is 35.5. The van der Waals surface area contributed by atoms with Gasteiger partial charge in [0.2, 0.25) is 0 Å². The van der Waals surface area contributed by atoms with E-state index in [9.17, 15) is 9.90 Å². The zero-order chi connectivity index (χ0) is 14.4. The highest BCUT2D eigenvalue weighted by molar-refractivity contribution is 5.85. The molecule has 1 aromatic carbocycles. The second-order valence-corrected chi connectivity index (χ2v) is 4.02. The van der Waals surface area contributed by atoms with Crippen molar-refractivity contribution >= 4 is 18.3 Å². The molecule has 0 saturated carbocycles. The van der Waals surface area contributed by atoms with Crippen LogP contribution in [0.1, 0.15) is 17.2 Å². The quantitative estimate of drug-likeness (QED) is 0.429. The standard InChI is InChI=1S/C12H19N3O4.ClH/c1-19-10-3-2-7(6-16)4-8(10)9(17)5-15-12(18)11(13)14;/h2-4,9,11,16-17H,5-6,13-14H2,1H3,(H,15,18);1H. The van der Waals surface area contributed by atoms with E-state index >= 15 is 0 Å². The number of amides is 1. The van der Waals surface area contributed by atoms with Crippen molar-refractivity contribution in [2.24, 2.45) is 11.5 Å². The molecule has 1 atom stereocenters. The SMILES string of the molecule is COc1ccc(CO)cc1C(O)CNC(=O)C(N)N.Cl. The number of aliphatic hydroxyl groups is 2. The summed E-state index contributed by atoms with van der Waals surface area (Å²) in [5.41, 5.74) is 11.5. The first kappa shape index (κ1) is 18.6. The second-order valence-electron chi connectivity index (χ2n) is 4.02. The van der Waals surface area contributed by atoms with Gasteiger partial charge in [0.05, 0.1) is 19.8 Å². The molecule has 7 N–H and O–H groups in total. The van der Waals surface area contributed by atoms with Crippen molar-refractivity contribution in [1.82, 2.24) is 5.32 Å². The smallest absolute Gasteiger partial charge is 0.251 e. The highest BCUT2D eigenvalue weighted by Crippen LogP contribution is 2.26. The van der Waals surface area contributed by atoms with E-state index in [0.717, 1.165) is 0 Å². The van der Waals surface area contributed by atoms with Gasteiger partial charge in [-0.15, -0.1) is 12.4 Å². The van der Waals surface area contributed by atoms with E-state index in [0.29, 0.717) is 16.9 Å². The topological polar surface area (TPSA) is 131 Å². The number of hydrogen-bond acceptors (Lipinski definition) is 6. The molecular weight excluding hydrogens is 286 g/mol. The van der Waals surface area contributed by atoms with Gasteiger partial charge < -0.3 is 31.7 Å². The van der Waals surface area contributed by atoms with E-state index in [4.69, 9.17) is 21.3 Å². The van der Waals surface area contributed by atoms with Crippen LogP contribution in [0.25, 0.3) is 0 Å². The van der Waals surface area contributed by atoms with Gasteiger partial charge >= 0.3 is 0 Å². The van der Waals surface area contributed by atoms with Crippen molar-refractivity contribution in [3.05, 3.63) is 29.3 Å². The summed E-state index contributed by atoms with van der Waals surface area (Å²) in [6.07, 6.45) is -2.11. The first-order valence-corrected chi connectivity index (χ1v) is 5.74. The molecule has 0 saturated heterocycles. The Hall–Kier alpha value is -1.38. The monoisotopic (exact) mass is 305 g/mol. The first-order valence-electron chi connectivity index (χ1n) is 5.74. The summed E-state index contributed by atoms with van der Waals surface area (Å²) in [5.74, 6) is -0.0904. The van der Waals surface area contributed by atoms with Crippen LogP contribution in [0.3, 0.4) is 0 Å². The summed E-state index contributed by atoms with van der Waals surface area (Å²) < 4.78 is 5.12. The summed E-state index contributed by atoms with van der Waals surface area (Å²) in [4.78, 5) is 11.2. The van der Waals surface area contributed by atoms with Gasteiger partial charge in [0.1, 0.15) is 11.9 Å². The Morgan fingerprint density at radius 1 is 1.45 bits per heavy atom. The molecule has 0 bridgehead atoms. The lowest BCUT2D eigenvalue weighted by Crippen LogP contribution is -2.47. The molecule has 0 spiro atoms. The number of ether oxygens (including phenoxy) is 1. The average molecular weight is 306 g/mol. The number of carbonyl (C=O) groups is 1. The van der Waals surface area contributed by atoms with Crippen LogP contribution in [0.2, 0.25) is 0 Å². The zero-order valence-electron chi connectivity index (χ0n) is 11.1. The van der Waals surface area contributed by atoms with Gasteiger partial charge in [-0.05, 0) is 17.7 Å². The molecule has 114 valence electrons. The predicted molar refractivity (Wildman–Crippen MR) is 76.3 cm³/mol. The molecule has 0 aromatic heterocycles. The van der Waals surface area contributed by atoms with Gasteiger partial charge in [-0.2, -0.15) is 0 Å². The number of methoxy groups -OCH3 is 1. The Kier molecular flexibility index (Phi) is 8.12. The number of halogens is 1. The lowest BCUT2D eigenvalue weighted by atomic mass is 10.0. The minimum atomic E-state index is -1.13. The fourth-order valence-electron chi connectivity index (χ4n) is 1.57. The molecule has 7 nitrogen and oxygen atoms in total. The molecule has 8 heteroatoms. The molecule has 1 rings (SSSR count). The first-order chi connectivity index (χ1) is 8.99. The molecule has 1 amide bonds. The van der Waals surface area contributed by atoms with E-state index in [1.807, 2.05) is 0 Å². The minimum absolute atomic E-state index is 0. The molecule has 1 aromatic rings. The van der Waals surface area contributed by atoms with Crippen molar-refractivity contribution in [3.63, 3.8) is 0 Å². The number of benzene rings is 1. The molecule has 1 unspecified atom stereocenters. The largest absolute Gasteiger partial charge is 0.496 e. The van der Waals surface area contributed by atoms with Crippen LogP contribution in [0.5, 0.6) is 5.75 Å². The number of carbonyl (C=O) groups excluding carboxylic acids is 1. The summed E-state index contributed by atoms with van der Waals surface area (Å²) in [6.45, 7) is -0.196. The van der Waals surface area contributed by atoms with Crippen molar-refractivity contribution in [2.45, 2.75) is 18.9 Å². The fraction of sp³-hybridized carbons (Fsp3) is 0.417. The number of rotatable bonds is 6. The van der Waals surface area contributed by atoms with Gasteiger partial charge in [0, 0.05) is 12.1 Å². The van der Waals surface area contributed by atoms with Gasteiger partial charge in [-0.1, -0.05) is 6.07 Å². The van der Waals surface area contributed by atoms with E-state index in [-0.39, 0.29) is 25.6 Å². The van der Waals surface area contributed by atoms with Crippen LogP contribution in [0.4, 0.5) is 0 Å². The maximum absolute atomic E-state index is 11.2. The van der Waals surface area contributed by atoms with Gasteiger partial charge in [-0.25, -0.2) is 0 Å². The molecule has 0 fully saturated rings. The summed E-state index contributed by atoms with van der Waals surface area (Å²) in [5, 5.41) is 21.5. The Morgan fingerprint density at radius 2 is 2.10 bits per heavy atom. The van der Waals surface area contributed by atoms with Crippen LogP contribution in [0, 0.1) is 0 Å². The number of hydrogen-bond donors (Lipinski definition) is 5. The van der Waals surface area contributed by atoms with Crippen molar-refractivity contribution in [1.29, 1.82) is 0 Å². The minimum Gasteiger partial charge on any atom is -0.496 e. The van der Waals surface area contributed by atoms with Crippen molar-refractivity contribution in [2.75, 3.05) is 13.7 Å². The third-order valence-electron chi connectivity index (χ3n) is 2.61. The Morgan fingerprint density at radius 3 is 2.60 bits per heavy atom. The van der Waals surface area contributed by atoms with E-state index in [2.05, 4.69) is 5.32 Å². The third-order valence-corrected chi connectivity index (χ3v) is 2.61. The molecule has 0 aliphatic heterocycles. The van der Waals surface area contributed by atoms with Crippen molar-refractivity contribution < 1.29 is 19.7 Å². The maximum Gasteiger partial charge on any atom is 0.251 e. The molecule has 0 aliphatic carbocycles. The molecular formula is C12H20ClN3O4. The predicted octanol–water partition coefficient (Wildman–Crippen LogP) is -0.998. The van der Waals surface area contributed by atoms with E-state index in [1.54, 1.807) is 18.2 Å². The number of aliphatic hydroxyl groups excluding tert-OH is 2. The highest BCUT2D eigenvalue weighted by Gasteiger charge is 2.16. The normalized spacial score (nSPS) is 11.7. The van der Waals surface area contributed by atoms with Crippen LogP contribution >= 0.6 is 12.4 Å². The summed E-state index contributed by atoms with van der Waals surface area (Å²) in [7, 11) is 1.47. The van der Waals surface area contributed by atoms with E-state index < -0.39 is 18.2 Å². The Bertz CT molecular complexity index is 443. The molecule has 0 aliphatic rings. The van der Waals surface area contributed by atoms with E-state index in [1.165, 1.54) is 7.11 Å². The maximum atomic E-state index is 11.2.